The zero-order valence-electron chi connectivity index (χ0n) is 12.0. The van der Waals surface area contributed by atoms with Crippen LogP contribution in [0.5, 0.6) is 11.5 Å². The van der Waals surface area contributed by atoms with Crippen LogP contribution in [-0.4, -0.2) is 12.1 Å². The van der Waals surface area contributed by atoms with Crippen molar-refractivity contribution in [2.24, 2.45) is 5.16 Å². The summed E-state index contributed by atoms with van der Waals surface area (Å²) < 4.78 is 40.0. The number of hydrogen-bond acceptors (Lipinski definition) is 4. The maximum Gasteiger partial charge on any atom is 0.573 e. The summed E-state index contributed by atoms with van der Waals surface area (Å²) in [6.45, 7) is 1.66. The molecule has 118 valence electrons. The SMILES string of the molecule is C/C(=N/Oc1ccc(C#N)cc1)c1ccc(OC(F)(F)F)cc1. The fourth-order valence-electron chi connectivity index (χ4n) is 1.66. The molecule has 0 atom stereocenters. The lowest BCUT2D eigenvalue weighted by Crippen LogP contribution is -2.17. The Bertz CT molecular complexity index is 730. The van der Waals surface area contributed by atoms with E-state index in [0.29, 0.717) is 22.6 Å². The molecule has 0 bridgehead atoms. The molecule has 4 nitrogen and oxygen atoms in total. The van der Waals surface area contributed by atoms with Crippen LogP contribution in [0.4, 0.5) is 13.2 Å². The number of hydrogen-bond donors (Lipinski definition) is 0. The van der Waals surface area contributed by atoms with Crippen LogP contribution in [0.2, 0.25) is 0 Å². The van der Waals surface area contributed by atoms with E-state index in [-0.39, 0.29) is 5.75 Å². The van der Waals surface area contributed by atoms with Crippen LogP contribution in [0.15, 0.2) is 53.7 Å². The Morgan fingerprint density at radius 2 is 1.57 bits per heavy atom. The molecule has 0 aliphatic carbocycles. The average Bonchev–Trinajstić information content (AvgIpc) is 2.52. The molecule has 0 radical (unpaired) electrons. The molecule has 0 aromatic heterocycles. The number of halogens is 3. The third-order valence-corrected chi connectivity index (χ3v) is 2.78. The number of alkyl halides is 3. The van der Waals surface area contributed by atoms with Crippen molar-refractivity contribution in [3.05, 3.63) is 59.7 Å². The monoisotopic (exact) mass is 320 g/mol. The van der Waals surface area contributed by atoms with Crippen molar-refractivity contribution >= 4 is 5.71 Å². The maximum atomic E-state index is 12.1. The molecule has 0 amide bonds. The van der Waals surface area contributed by atoms with E-state index < -0.39 is 6.36 Å². The van der Waals surface area contributed by atoms with Gasteiger partial charge in [0, 0.05) is 0 Å². The second kappa shape index (κ2) is 6.83. The van der Waals surface area contributed by atoms with Crippen molar-refractivity contribution in [3.8, 4) is 17.6 Å². The van der Waals surface area contributed by atoms with Gasteiger partial charge in [0.2, 0.25) is 0 Å². The van der Waals surface area contributed by atoms with Gasteiger partial charge < -0.3 is 9.57 Å². The number of benzene rings is 2. The van der Waals surface area contributed by atoms with Crippen LogP contribution >= 0.6 is 0 Å². The van der Waals surface area contributed by atoms with Gasteiger partial charge >= 0.3 is 6.36 Å². The predicted molar refractivity (Wildman–Crippen MR) is 77.1 cm³/mol. The number of nitrogens with zero attached hydrogens (tertiary/aromatic N) is 2. The topological polar surface area (TPSA) is 54.6 Å². The lowest BCUT2D eigenvalue weighted by molar-refractivity contribution is -0.274. The third kappa shape index (κ3) is 5.04. The Kier molecular flexibility index (Phi) is 4.86. The highest BCUT2D eigenvalue weighted by Gasteiger charge is 2.30. The van der Waals surface area contributed by atoms with Crippen LogP contribution < -0.4 is 9.57 Å². The standard InChI is InChI=1S/C16H11F3N2O2/c1-11(21-23-15-6-2-12(10-20)3-7-15)13-4-8-14(9-5-13)22-16(17,18)19/h2-9H,1H3/b21-11-. The second-order valence-electron chi connectivity index (χ2n) is 4.48. The lowest BCUT2D eigenvalue weighted by atomic mass is 10.1. The van der Waals surface area contributed by atoms with E-state index in [0.717, 1.165) is 0 Å². The molecule has 0 unspecified atom stereocenters. The van der Waals surface area contributed by atoms with Gasteiger partial charge in [0.15, 0.2) is 5.75 Å². The zero-order chi connectivity index (χ0) is 16.9. The van der Waals surface area contributed by atoms with Crippen LogP contribution in [0.3, 0.4) is 0 Å². The van der Waals surface area contributed by atoms with Gasteiger partial charge in [0.05, 0.1) is 17.3 Å². The highest BCUT2D eigenvalue weighted by atomic mass is 19.4. The summed E-state index contributed by atoms with van der Waals surface area (Å²) in [5, 5.41) is 12.6. The summed E-state index contributed by atoms with van der Waals surface area (Å²) in [4.78, 5) is 5.20. The first-order valence-corrected chi connectivity index (χ1v) is 6.45. The van der Waals surface area contributed by atoms with E-state index in [1.807, 2.05) is 6.07 Å². The molecule has 2 aromatic carbocycles. The van der Waals surface area contributed by atoms with Crippen molar-refractivity contribution in [3.63, 3.8) is 0 Å². The van der Waals surface area contributed by atoms with Gasteiger partial charge in [-0.25, -0.2) is 0 Å². The van der Waals surface area contributed by atoms with Gasteiger partial charge in [-0.1, -0.05) is 5.16 Å². The molecule has 0 aliphatic heterocycles. The molecule has 0 saturated heterocycles. The minimum Gasteiger partial charge on any atom is -0.406 e. The molecule has 0 N–H and O–H groups in total. The fraction of sp³-hybridized carbons (Fsp3) is 0.125. The maximum absolute atomic E-state index is 12.1. The second-order valence-corrected chi connectivity index (χ2v) is 4.48. The van der Waals surface area contributed by atoms with Crippen LogP contribution in [0, 0.1) is 11.3 Å². The Labute approximate surface area is 130 Å². The number of rotatable bonds is 4. The Hall–Kier alpha value is -3.01. The van der Waals surface area contributed by atoms with E-state index in [4.69, 9.17) is 10.1 Å². The molecule has 2 aromatic rings. The van der Waals surface area contributed by atoms with Crippen LogP contribution in [0.1, 0.15) is 18.1 Å². The fourth-order valence-corrected chi connectivity index (χ4v) is 1.66. The summed E-state index contributed by atoms with van der Waals surface area (Å²) in [7, 11) is 0. The van der Waals surface area contributed by atoms with Gasteiger partial charge in [0.25, 0.3) is 0 Å². The first kappa shape index (κ1) is 16.4. The molecule has 2 rings (SSSR count). The van der Waals surface area contributed by atoms with Gasteiger partial charge in [-0.05, 0) is 61.0 Å². The molecule has 0 aliphatic rings. The predicted octanol–water partition coefficient (Wildman–Crippen LogP) is 4.26. The summed E-state index contributed by atoms with van der Waals surface area (Å²) in [5.74, 6) is 0.141. The van der Waals surface area contributed by atoms with E-state index in [1.54, 1.807) is 31.2 Å². The summed E-state index contributed by atoms with van der Waals surface area (Å²) >= 11 is 0. The van der Waals surface area contributed by atoms with Crippen LogP contribution in [0.25, 0.3) is 0 Å². The molecular weight excluding hydrogens is 309 g/mol. The average molecular weight is 320 g/mol. The van der Waals surface area contributed by atoms with Crippen molar-refractivity contribution in [2.45, 2.75) is 13.3 Å². The summed E-state index contributed by atoms with van der Waals surface area (Å²) in [5.41, 5.74) is 1.57. The van der Waals surface area contributed by atoms with Gasteiger partial charge in [-0.15, -0.1) is 13.2 Å². The molecule has 0 heterocycles. The Balaban J connectivity index is 2.04. The third-order valence-electron chi connectivity index (χ3n) is 2.78. The van der Waals surface area contributed by atoms with Crippen molar-refractivity contribution < 1.29 is 22.7 Å². The smallest absolute Gasteiger partial charge is 0.406 e. The first-order chi connectivity index (χ1) is 10.9. The molecular formula is C16H11F3N2O2. The number of oxime groups is 1. The quantitative estimate of drug-likeness (QED) is 0.625. The van der Waals surface area contributed by atoms with E-state index in [9.17, 15) is 13.2 Å². The van der Waals surface area contributed by atoms with Crippen LogP contribution in [-0.2, 0) is 0 Å². The highest BCUT2D eigenvalue weighted by Crippen LogP contribution is 2.23. The van der Waals surface area contributed by atoms with Crippen molar-refractivity contribution in [1.82, 2.24) is 0 Å². The normalized spacial score (nSPS) is 11.7. The van der Waals surface area contributed by atoms with Crippen molar-refractivity contribution in [2.75, 3.05) is 0 Å². The molecule has 0 spiro atoms. The largest absolute Gasteiger partial charge is 0.573 e. The molecule has 7 heteroatoms. The molecule has 23 heavy (non-hydrogen) atoms. The lowest BCUT2D eigenvalue weighted by Gasteiger charge is -2.09. The first-order valence-electron chi connectivity index (χ1n) is 6.45. The van der Waals surface area contributed by atoms with Gasteiger partial charge in [0.1, 0.15) is 5.75 Å². The molecule has 0 fully saturated rings. The minimum atomic E-state index is -4.72. The van der Waals surface area contributed by atoms with Crippen molar-refractivity contribution in [1.29, 1.82) is 5.26 Å². The van der Waals surface area contributed by atoms with E-state index >= 15 is 0 Å². The van der Waals surface area contributed by atoms with Gasteiger partial charge in [-0.3, -0.25) is 0 Å². The Morgan fingerprint density at radius 3 is 2.09 bits per heavy atom. The number of ether oxygens (including phenoxy) is 1. The van der Waals surface area contributed by atoms with Gasteiger partial charge in [-0.2, -0.15) is 5.26 Å². The Morgan fingerprint density at radius 1 is 1.00 bits per heavy atom. The minimum absolute atomic E-state index is 0.304. The van der Waals surface area contributed by atoms with E-state index in [1.165, 1.54) is 24.3 Å². The summed E-state index contributed by atoms with van der Waals surface area (Å²) in [6.07, 6.45) is -4.72. The highest BCUT2D eigenvalue weighted by molar-refractivity contribution is 5.98. The number of nitriles is 1. The van der Waals surface area contributed by atoms with E-state index in [2.05, 4.69) is 9.89 Å². The molecule has 0 saturated carbocycles. The summed E-state index contributed by atoms with van der Waals surface area (Å²) in [6, 6.07) is 13.6. The zero-order valence-corrected chi connectivity index (χ0v) is 12.0.